The molecule has 0 unspecified atom stereocenters. The molecule has 0 atom stereocenters. The number of hydrogen-bond donors (Lipinski definition) is 2. The van der Waals surface area contributed by atoms with E-state index in [0.717, 1.165) is 12.1 Å². The molecule has 1 amide bonds. The van der Waals surface area contributed by atoms with Crippen LogP contribution in [-0.4, -0.2) is 44.0 Å². The van der Waals surface area contributed by atoms with E-state index in [-0.39, 0.29) is 43.0 Å². The first-order valence-electron chi connectivity index (χ1n) is 7.23. The van der Waals surface area contributed by atoms with Crippen LogP contribution in [0.15, 0.2) is 41.9 Å². The summed E-state index contributed by atoms with van der Waals surface area (Å²) in [5.41, 5.74) is -0.0726. The average molecular weight is 470 g/mol. The third kappa shape index (κ3) is 8.75. The van der Waals surface area contributed by atoms with Crippen LogP contribution in [-0.2, 0) is 17.5 Å². The molecule has 0 spiro atoms. The summed E-state index contributed by atoms with van der Waals surface area (Å²) in [7, 11) is 3.28. The zero-order valence-electron chi connectivity index (χ0n) is 14.1. The van der Waals surface area contributed by atoms with Crippen LogP contribution < -0.4 is 10.6 Å². The highest BCUT2D eigenvalue weighted by molar-refractivity contribution is 14.0. The Labute approximate surface area is 162 Å². The van der Waals surface area contributed by atoms with Gasteiger partial charge in [0.05, 0.1) is 18.7 Å². The third-order valence-electron chi connectivity index (χ3n) is 3.02. The van der Waals surface area contributed by atoms with Crippen LogP contribution in [0.4, 0.5) is 13.2 Å². The molecule has 1 rings (SSSR count). The summed E-state index contributed by atoms with van der Waals surface area (Å²) in [6.07, 6.45) is -2.73. The van der Waals surface area contributed by atoms with Gasteiger partial charge in [0.25, 0.3) is 0 Å². The molecule has 0 saturated heterocycles. The number of nitrogens with zero attached hydrogens (tertiary/aromatic N) is 2. The fourth-order valence-corrected chi connectivity index (χ4v) is 1.63. The summed E-state index contributed by atoms with van der Waals surface area (Å²) in [5, 5.41) is 5.80. The fraction of sp³-hybridized carbons (Fsp3) is 0.375. The van der Waals surface area contributed by atoms with Gasteiger partial charge in [0.2, 0.25) is 5.91 Å². The Morgan fingerprint density at radius 1 is 1.24 bits per heavy atom. The van der Waals surface area contributed by atoms with Crippen molar-refractivity contribution >= 4 is 35.8 Å². The Morgan fingerprint density at radius 2 is 1.84 bits per heavy atom. The molecule has 2 N–H and O–H groups in total. The number of rotatable bonds is 6. The van der Waals surface area contributed by atoms with Gasteiger partial charge in [0.1, 0.15) is 0 Å². The lowest BCUT2D eigenvalue weighted by molar-refractivity contribution is -0.137. The number of likely N-dealkylation sites (N-methyl/N-ethyl adjacent to an activating group) is 1. The number of alkyl halides is 3. The molecule has 0 heterocycles. The minimum atomic E-state index is -4.35. The quantitative estimate of drug-likeness (QED) is 0.291. The van der Waals surface area contributed by atoms with E-state index in [1.807, 2.05) is 0 Å². The van der Waals surface area contributed by atoms with Crippen molar-refractivity contribution in [1.82, 2.24) is 15.5 Å². The maximum absolute atomic E-state index is 12.5. The lowest BCUT2D eigenvalue weighted by Gasteiger charge is -2.14. The highest BCUT2D eigenvalue weighted by Crippen LogP contribution is 2.29. The normalized spacial score (nSPS) is 11.3. The summed E-state index contributed by atoms with van der Waals surface area (Å²) >= 11 is 0. The number of carbonyl (C=O) groups excluding carboxylic acids is 1. The van der Waals surface area contributed by atoms with Crippen molar-refractivity contribution in [2.75, 3.05) is 27.2 Å². The summed E-state index contributed by atoms with van der Waals surface area (Å²) in [6, 6.07) is 4.79. The van der Waals surface area contributed by atoms with Crippen LogP contribution in [0, 0.1) is 0 Å². The molecule has 0 radical (unpaired) electrons. The lowest BCUT2D eigenvalue weighted by atomic mass is 10.1. The Morgan fingerprint density at radius 3 is 2.32 bits per heavy atom. The Hall–Kier alpha value is -1.78. The molecular formula is C16H22F3IN4O. The van der Waals surface area contributed by atoms with Gasteiger partial charge in [-0.3, -0.25) is 4.79 Å². The van der Waals surface area contributed by atoms with Gasteiger partial charge in [0, 0.05) is 20.6 Å². The summed E-state index contributed by atoms with van der Waals surface area (Å²) in [5.74, 6) is 0.252. The summed E-state index contributed by atoms with van der Waals surface area (Å²) < 4.78 is 37.6. The first-order chi connectivity index (χ1) is 11.2. The Kier molecular flexibility index (Phi) is 10.2. The van der Waals surface area contributed by atoms with Crippen molar-refractivity contribution in [2.45, 2.75) is 12.7 Å². The molecule has 5 nitrogen and oxygen atoms in total. The minimum absolute atomic E-state index is 0. The van der Waals surface area contributed by atoms with Crippen molar-refractivity contribution in [3.05, 3.63) is 48.0 Å². The Bertz CT molecular complexity index is 586. The molecule has 1 aromatic carbocycles. The van der Waals surface area contributed by atoms with E-state index >= 15 is 0 Å². The van der Waals surface area contributed by atoms with Crippen LogP contribution in [0.25, 0.3) is 0 Å². The van der Waals surface area contributed by atoms with Gasteiger partial charge in [-0.2, -0.15) is 13.2 Å². The first kappa shape index (κ1) is 23.2. The minimum Gasteiger partial charge on any atom is -0.353 e. The predicted molar refractivity (Wildman–Crippen MR) is 103 cm³/mol. The molecule has 0 aliphatic carbocycles. The highest BCUT2D eigenvalue weighted by Gasteiger charge is 2.29. The van der Waals surface area contributed by atoms with E-state index in [9.17, 15) is 18.0 Å². The second-order valence-electron chi connectivity index (χ2n) is 5.17. The van der Waals surface area contributed by atoms with Crippen molar-refractivity contribution < 1.29 is 18.0 Å². The van der Waals surface area contributed by atoms with Gasteiger partial charge >= 0.3 is 6.18 Å². The number of guanidine groups is 1. The zero-order valence-corrected chi connectivity index (χ0v) is 16.4. The van der Waals surface area contributed by atoms with Crippen molar-refractivity contribution in [2.24, 2.45) is 4.99 Å². The standard InChI is InChI=1S/C16H21F3N4O.HI/c1-4-9-20-15(22-11-14(24)23(2)3)21-10-12-5-7-13(8-6-12)16(17,18)19;/h4-8H,1,9-11H2,2-3H3,(H2,20,21,22);1H. The van der Waals surface area contributed by atoms with Crippen LogP contribution in [0.1, 0.15) is 11.1 Å². The molecule has 0 aliphatic rings. The van der Waals surface area contributed by atoms with E-state index < -0.39 is 11.7 Å². The van der Waals surface area contributed by atoms with Crippen LogP contribution in [0.2, 0.25) is 0 Å². The van der Waals surface area contributed by atoms with E-state index in [1.54, 1.807) is 20.2 Å². The molecule has 25 heavy (non-hydrogen) atoms. The molecule has 0 saturated carbocycles. The smallest absolute Gasteiger partial charge is 0.353 e. The molecule has 1 aromatic rings. The summed E-state index contributed by atoms with van der Waals surface area (Å²) in [6.45, 7) is 4.26. The van der Waals surface area contributed by atoms with Crippen LogP contribution in [0.3, 0.4) is 0 Å². The third-order valence-corrected chi connectivity index (χ3v) is 3.02. The van der Waals surface area contributed by atoms with E-state index in [4.69, 9.17) is 0 Å². The highest BCUT2D eigenvalue weighted by atomic mass is 127. The molecule has 140 valence electrons. The van der Waals surface area contributed by atoms with Gasteiger partial charge in [-0.15, -0.1) is 30.6 Å². The van der Waals surface area contributed by atoms with E-state index in [1.165, 1.54) is 17.0 Å². The largest absolute Gasteiger partial charge is 0.416 e. The Balaban J connectivity index is 0.00000576. The zero-order chi connectivity index (χ0) is 18.2. The molecule has 0 fully saturated rings. The number of halogens is 4. The second kappa shape index (κ2) is 11.0. The maximum Gasteiger partial charge on any atom is 0.416 e. The van der Waals surface area contributed by atoms with Crippen LogP contribution in [0.5, 0.6) is 0 Å². The van der Waals surface area contributed by atoms with Gasteiger partial charge in [0.15, 0.2) is 5.96 Å². The molecular weight excluding hydrogens is 448 g/mol. The van der Waals surface area contributed by atoms with Crippen molar-refractivity contribution in [3.8, 4) is 0 Å². The van der Waals surface area contributed by atoms with Gasteiger partial charge in [-0.1, -0.05) is 18.2 Å². The van der Waals surface area contributed by atoms with Crippen molar-refractivity contribution in [1.29, 1.82) is 0 Å². The van der Waals surface area contributed by atoms with E-state index in [0.29, 0.717) is 18.1 Å². The average Bonchev–Trinajstić information content (AvgIpc) is 2.53. The molecule has 0 aromatic heterocycles. The SMILES string of the molecule is C=CCNC(=NCc1ccc(C(F)(F)F)cc1)NCC(=O)N(C)C.I. The number of nitrogens with one attached hydrogen (secondary N) is 2. The maximum atomic E-state index is 12.5. The van der Waals surface area contributed by atoms with Crippen molar-refractivity contribution in [3.63, 3.8) is 0 Å². The number of amides is 1. The number of carbonyl (C=O) groups is 1. The molecule has 0 bridgehead atoms. The van der Waals surface area contributed by atoms with Gasteiger partial charge in [-0.25, -0.2) is 4.99 Å². The number of aliphatic imine (C=N–C) groups is 1. The predicted octanol–water partition coefficient (Wildman–Crippen LogP) is 2.63. The monoisotopic (exact) mass is 470 g/mol. The van der Waals surface area contributed by atoms with E-state index in [2.05, 4.69) is 22.2 Å². The molecule has 0 aliphatic heterocycles. The number of benzene rings is 1. The number of hydrogen-bond acceptors (Lipinski definition) is 2. The van der Waals surface area contributed by atoms with Gasteiger partial charge in [-0.05, 0) is 17.7 Å². The topological polar surface area (TPSA) is 56.7 Å². The second-order valence-corrected chi connectivity index (χ2v) is 5.17. The first-order valence-corrected chi connectivity index (χ1v) is 7.23. The van der Waals surface area contributed by atoms with Gasteiger partial charge < -0.3 is 15.5 Å². The summed E-state index contributed by atoms with van der Waals surface area (Å²) in [4.78, 5) is 17.3. The fourth-order valence-electron chi connectivity index (χ4n) is 1.63. The van der Waals surface area contributed by atoms with Crippen LogP contribution >= 0.6 is 24.0 Å². The lowest BCUT2D eigenvalue weighted by Crippen LogP contribution is -2.43. The molecule has 9 heteroatoms.